The van der Waals surface area contributed by atoms with Crippen molar-refractivity contribution in [2.75, 3.05) is 18.4 Å². The molecule has 1 aromatic heterocycles. The van der Waals surface area contributed by atoms with Gasteiger partial charge in [0.25, 0.3) is 5.91 Å². The topological polar surface area (TPSA) is 102 Å². The maximum Gasteiger partial charge on any atom is 0.251 e. The highest BCUT2D eigenvalue weighted by atomic mass is 16.1. The number of carbonyl (C=O) groups is 1. The lowest BCUT2D eigenvalue weighted by atomic mass is 10.2. The minimum Gasteiger partial charge on any atom is -0.355 e. The summed E-state index contributed by atoms with van der Waals surface area (Å²) in [6, 6.07) is 12.8. The zero-order chi connectivity index (χ0) is 19.2. The SMILES string of the molecule is N#CN=C(NCCCCCCNC(=O)c1ccccc1)Nc1ccncc1. The Hall–Kier alpha value is -3.40. The number of aromatic nitrogens is 1. The highest BCUT2D eigenvalue weighted by Crippen LogP contribution is 2.03. The zero-order valence-corrected chi connectivity index (χ0v) is 15.2. The van der Waals surface area contributed by atoms with E-state index in [9.17, 15) is 4.79 Å². The van der Waals surface area contributed by atoms with Crippen LogP contribution in [-0.2, 0) is 0 Å². The maximum atomic E-state index is 11.9. The first-order valence-corrected chi connectivity index (χ1v) is 9.00. The number of unbranched alkanes of at least 4 members (excludes halogenated alkanes) is 3. The zero-order valence-electron chi connectivity index (χ0n) is 15.2. The molecule has 2 rings (SSSR count). The third kappa shape index (κ3) is 8.01. The van der Waals surface area contributed by atoms with Gasteiger partial charge in [0.2, 0.25) is 12.2 Å². The summed E-state index contributed by atoms with van der Waals surface area (Å²) in [4.78, 5) is 19.6. The number of carbonyl (C=O) groups excluding carboxylic acids is 1. The molecule has 0 saturated heterocycles. The predicted octanol–water partition coefficient (Wildman–Crippen LogP) is 2.91. The normalized spacial score (nSPS) is 10.7. The molecule has 0 aliphatic carbocycles. The molecule has 140 valence electrons. The first-order valence-electron chi connectivity index (χ1n) is 9.00. The molecule has 0 bridgehead atoms. The quantitative estimate of drug-likeness (QED) is 0.275. The summed E-state index contributed by atoms with van der Waals surface area (Å²) < 4.78 is 0. The lowest BCUT2D eigenvalue weighted by Gasteiger charge is -2.10. The van der Waals surface area contributed by atoms with Crippen molar-refractivity contribution in [1.29, 1.82) is 5.26 Å². The lowest BCUT2D eigenvalue weighted by molar-refractivity contribution is 0.0953. The molecule has 7 nitrogen and oxygen atoms in total. The van der Waals surface area contributed by atoms with E-state index in [0.29, 0.717) is 18.1 Å². The van der Waals surface area contributed by atoms with Crippen LogP contribution in [0.4, 0.5) is 5.69 Å². The van der Waals surface area contributed by atoms with E-state index >= 15 is 0 Å². The number of hydrogen-bond donors (Lipinski definition) is 3. The summed E-state index contributed by atoms with van der Waals surface area (Å²) in [6.45, 7) is 1.39. The van der Waals surface area contributed by atoms with Gasteiger partial charge in [-0.05, 0) is 37.1 Å². The Morgan fingerprint density at radius 2 is 1.63 bits per heavy atom. The highest BCUT2D eigenvalue weighted by molar-refractivity contribution is 5.94. The molecule has 0 saturated carbocycles. The Balaban J connectivity index is 1.55. The molecule has 3 N–H and O–H groups in total. The monoisotopic (exact) mass is 364 g/mol. The summed E-state index contributed by atoms with van der Waals surface area (Å²) >= 11 is 0. The minimum atomic E-state index is -0.0307. The third-order valence-corrected chi connectivity index (χ3v) is 3.82. The van der Waals surface area contributed by atoms with E-state index in [-0.39, 0.29) is 5.91 Å². The fraction of sp³-hybridized carbons (Fsp3) is 0.300. The Bertz CT molecular complexity index is 755. The fourth-order valence-electron chi connectivity index (χ4n) is 2.44. The average Bonchev–Trinajstić information content (AvgIpc) is 2.71. The number of rotatable bonds is 9. The Labute approximate surface area is 159 Å². The van der Waals surface area contributed by atoms with E-state index in [1.54, 1.807) is 42.9 Å². The predicted molar refractivity (Wildman–Crippen MR) is 106 cm³/mol. The van der Waals surface area contributed by atoms with Crippen molar-refractivity contribution < 1.29 is 4.79 Å². The number of nitrogens with one attached hydrogen (secondary N) is 3. The van der Waals surface area contributed by atoms with Crippen LogP contribution in [-0.4, -0.2) is 29.9 Å². The van der Waals surface area contributed by atoms with Crippen LogP contribution in [0.1, 0.15) is 36.0 Å². The third-order valence-electron chi connectivity index (χ3n) is 3.82. The van der Waals surface area contributed by atoms with Crippen LogP contribution in [0, 0.1) is 11.5 Å². The van der Waals surface area contributed by atoms with Crippen molar-refractivity contribution in [3.63, 3.8) is 0 Å². The number of pyridine rings is 1. The molecule has 1 aromatic carbocycles. The van der Waals surface area contributed by atoms with Crippen molar-refractivity contribution in [2.24, 2.45) is 4.99 Å². The van der Waals surface area contributed by atoms with Crippen molar-refractivity contribution >= 4 is 17.6 Å². The van der Waals surface area contributed by atoms with Gasteiger partial charge < -0.3 is 16.0 Å². The maximum absolute atomic E-state index is 11.9. The summed E-state index contributed by atoms with van der Waals surface area (Å²) in [5, 5.41) is 17.9. The summed E-state index contributed by atoms with van der Waals surface area (Å²) in [7, 11) is 0. The van der Waals surface area contributed by atoms with Gasteiger partial charge in [-0.25, -0.2) is 0 Å². The van der Waals surface area contributed by atoms with Crippen LogP contribution in [0.25, 0.3) is 0 Å². The first kappa shape index (κ1) is 19.9. The summed E-state index contributed by atoms with van der Waals surface area (Å²) in [5.41, 5.74) is 1.51. The lowest BCUT2D eigenvalue weighted by Crippen LogP contribution is -2.31. The molecule has 0 spiro atoms. The second kappa shape index (κ2) is 12.0. The van der Waals surface area contributed by atoms with E-state index in [1.807, 2.05) is 18.2 Å². The molecule has 0 fully saturated rings. The van der Waals surface area contributed by atoms with Gasteiger partial charge in [-0.1, -0.05) is 31.0 Å². The fourth-order valence-corrected chi connectivity index (χ4v) is 2.44. The van der Waals surface area contributed by atoms with Gasteiger partial charge in [0, 0.05) is 36.7 Å². The van der Waals surface area contributed by atoms with Gasteiger partial charge in [-0.15, -0.1) is 4.99 Å². The molecule has 2 aromatic rings. The van der Waals surface area contributed by atoms with E-state index in [0.717, 1.165) is 37.9 Å². The molecule has 0 unspecified atom stereocenters. The van der Waals surface area contributed by atoms with Gasteiger partial charge in [-0.3, -0.25) is 9.78 Å². The smallest absolute Gasteiger partial charge is 0.251 e. The van der Waals surface area contributed by atoms with Crippen molar-refractivity contribution in [3.8, 4) is 6.19 Å². The van der Waals surface area contributed by atoms with Crippen LogP contribution in [0.15, 0.2) is 59.9 Å². The average molecular weight is 364 g/mol. The van der Waals surface area contributed by atoms with Crippen LogP contribution in [0.2, 0.25) is 0 Å². The van der Waals surface area contributed by atoms with Gasteiger partial charge in [-0.2, -0.15) is 5.26 Å². The number of benzene rings is 1. The van der Waals surface area contributed by atoms with Crippen LogP contribution >= 0.6 is 0 Å². The van der Waals surface area contributed by atoms with Gasteiger partial charge in [0.05, 0.1) is 0 Å². The molecule has 7 heteroatoms. The number of nitrogens with zero attached hydrogens (tertiary/aromatic N) is 3. The molecule has 0 atom stereocenters. The Morgan fingerprint density at radius 1 is 0.963 bits per heavy atom. The summed E-state index contributed by atoms with van der Waals surface area (Å²) in [5.74, 6) is 0.399. The van der Waals surface area contributed by atoms with Crippen molar-refractivity contribution in [1.82, 2.24) is 15.6 Å². The molecule has 0 radical (unpaired) electrons. The van der Waals surface area contributed by atoms with Gasteiger partial charge >= 0.3 is 0 Å². The number of amides is 1. The van der Waals surface area contributed by atoms with Crippen molar-refractivity contribution in [3.05, 3.63) is 60.4 Å². The van der Waals surface area contributed by atoms with Crippen molar-refractivity contribution in [2.45, 2.75) is 25.7 Å². The van der Waals surface area contributed by atoms with E-state index in [1.165, 1.54) is 0 Å². The Morgan fingerprint density at radius 3 is 2.30 bits per heavy atom. The number of aliphatic imine (C=N–C) groups is 1. The first-order chi connectivity index (χ1) is 13.3. The van der Waals surface area contributed by atoms with Crippen LogP contribution in [0.3, 0.4) is 0 Å². The second-order valence-electron chi connectivity index (χ2n) is 5.88. The summed E-state index contributed by atoms with van der Waals surface area (Å²) in [6.07, 6.45) is 9.08. The minimum absolute atomic E-state index is 0.0307. The van der Waals surface area contributed by atoms with Crippen LogP contribution < -0.4 is 16.0 Å². The Kier molecular flexibility index (Phi) is 8.88. The molecular formula is C20H24N6O. The van der Waals surface area contributed by atoms with E-state index in [4.69, 9.17) is 5.26 Å². The van der Waals surface area contributed by atoms with E-state index in [2.05, 4.69) is 25.9 Å². The molecule has 27 heavy (non-hydrogen) atoms. The van der Waals surface area contributed by atoms with E-state index < -0.39 is 0 Å². The van der Waals surface area contributed by atoms with Gasteiger partial charge in [0.1, 0.15) is 0 Å². The number of guanidine groups is 1. The standard InChI is InChI=1S/C20H24N6O/c21-16-25-20(26-18-10-14-22-15-11-18)24-13-7-2-1-6-12-23-19(27)17-8-4-3-5-9-17/h3-5,8-11,14-15H,1-2,6-7,12-13H2,(H,23,27)(H2,22,24,25,26). The second-order valence-corrected chi connectivity index (χ2v) is 5.88. The molecule has 0 aliphatic rings. The van der Waals surface area contributed by atoms with Gasteiger partial charge in [0.15, 0.2) is 0 Å². The highest BCUT2D eigenvalue weighted by Gasteiger charge is 2.03. The molecule has 1 amide bonds. The largest absolute Gasteiger partial charge is 0.355 e. The number of hydrogen-bond acceptors (Lipinski definition) is 4. The van der Waals surface area contributed by atoms with Crippen LogP contribution in [0.5, 0.6) is 0 Å². The number of nitriles is 1. The molecular weight excluding hydrogens is 340 g/mol. The molecule has 0 aliphatic heterocycles. The number of anilines is 1. The molecule has 1 heterocycles.